The summed E-state index contributed by atoms with van der Waals surface area (Å²) in [5.74, 6) is 0.353. The maximum Gasteiger partial charge on any atom is 0.227 e. The Labute approximate surface area is 96.6 Å². The molecule has 2 aliphatic heterocycles. The van der Waals surface area contributed by atoms with Gasteiger partial charge in [-0.05, 0) is 13.3 Å². The monoisotopic (exact) mass is 224 g/mol. The number of rotatable bonds is 1. The van der Waals surface area contributed by atoms with Crippen molar-refractivity contribution in [2.75, 3.05) is 32.8 Å². The summed E-state index contributed by atoms with van der Waals surface area (Å²) in [5.41, 5.74) is 0. The highest BCUT2D eigenvalue weighted by molar-refractivity contribution is 5.80. The fraction of sp³-hybridized carbons (Fsp3) is 0.750. The third-order valence-electron chi connectivity index (χ3n) is 3.36. The minimum atomic E-state index is 0.0804. The van der Waals surface area contributed by atoms with Gasteiger partial charge in [0.15, 0.2) is 0 Å². The molecule has 4 nitrogen and oxygen atoms in total. The van der Waals surface area contributed by atoms with Crippen molar-refractivity contribution in [1.29, 1.82) is 0 Å². The average molecular weight is 224 g/mol. The highest BCUT2D eigenvalue weighted by Gasteiger charge is 2.29. The Morgan fingerprint density at radius 2 is 2.12 bits per heavy atom. The second kappa shape index (κ2) is 5.46. The van der Waals surface area contributed by atoms with Crippen LogP contribution in [0.1, 0.15) is 13.3 Å². The first-order valence-corrected chi connectivity index (χ1v) is 6.04. The van der Waals surface area contributed by atoms with E-state index < -0.39 is 0 Å². The van der Waals surface area contributed by atoms with Gasteiger partial charge in [-0.3, -0.25) is 4.79 Å². The van der Waals surface area contributed by atoms with Gasteiger partial charge in [-0.2, -0.15) is 0 Å². The van der Waals surface area contributed by atoms with E-state index in [0.717, 1.165) is 26.1 Å². The van der Waals surface area contributed by atoms with Crippen molar-refractivity contribution < 1.29 is 9.53 Å². The SMILES string of the molecule is C[C@@H]1NCC=CC[C@H]1C(=O)N1CCOCC1. The molecule has 2 aliphatic rings. The van der Waals surface area contributed by atoms with Crippen LogP contribution >= 0.6 is 0 Å². The molecule has 0 aromatic heterocycles. The standard InChI is InChI=1S/C12H20N2O2/c1-10-11(4-2-3-5-13-10)12(15)14-6-8-16-9-7-14/h2-3,10-11,13H,4-9H2,1H3/t10-,11+/m0/s1. The molecule has 0 unspecified atom stereocenters. The van der Waals surface area contributed by atoms with Crippen LogP contribution in [-0.2, 0) is 9.53 Å². The molecule has 4 heteroatoms. The minimum Gasteiger partial charge on any atom is -0.378 e. The van der Waals surface area contributed by atoms with Crippen LogP contribution in [0, 0.1) is 5.92 Å². The van der Waals surface area contributed by atoms with Crippen molar-refractivity contribution in [3.05, 3.63) is 12.2 Å². The molecule has 0 aliphatic carbocycles. The smallest absolute Gasteiger partial charge is 0.227 e. The molecule has 90 valence electrons. The topological polar surface area (TPSA) is 41.6 Å². The number of carbonyl (C=O) groups excluding carboxylic acids is 1. The zero-order valence-electron chi connectivity index (χ0n) is 9.82. The second-order valence-electron chi connectivity index (χ2n) is 4.45. The van der Waals surface area contributed by atoms with Gasteiger partial charge in [-0.15, -0.1) is 0 Å². The van der Waals surface area contributed by atoms with Crippen LogP contribution in [0.5, 0.6) is 0 Å². The summed E-state index contributed by atoms with van der Waals surface area (Å²) < 4.78 is 5.27. The summed E-state index contributed by atoms with van der Waals surface area (Å²) in [6, 6.07) is 0.255. The zero-order valence-corrected chi connectivity index (χ0v) is 9.82. The van der Waals surface area contributed by atoms with Gasteiger partial charge in [-0.25, -0.2) is 0 Å². The Morgan fingerprint density at radius 3 is 2.88 bits per heavy atom. The lowest BCUT2D eigenvalue weighted by molar-refractivity contribution is -0.140. The quantitative estimate of drug-likeness (QED) is 0.656. The normalized spacial score (nSPS) is 31.2. The highest BCUT2D eigenvalue weighted by atomic mass is 16.5. The van der Waals surface area contributed by atoms with E-state index in [4.69, 9.17) is 4.74 Å². The van der Waals surface area contributed by atoms with Gasteiger partial charge in [0, 0.05) is 25.7 Å². The molecule has 0 saturated carbocycles. The van der Waals surface area contributed by atoms with Gasteiger partial charge in [0.05, 0.1) is 19.1 Å². The maximum atomic E-state index is 12.3. The van der Waals surface area contributed by atoms with E-state index in [1.807, 2.05) is 4.90 Å². The highest BCUT2D eigenvalue weighted by Crippen LogP contribution is 2.16. The molecule has 2 rings (SSSR count). The number of morpholine rings is 1. The molecule has 0 spiro atoms. The van der Waals surface area contributed by atoms with Crippen molar-refractivity contribution >= 4 is 5.91 Å². The molecule has 1 saturated heterocycles. The van der Waals surface area contributed by atoms with Crippen LogP contribution in [0.4, 0.5) is 0 Å². The first kappa shape index (κ1) is 11.6. The van der Waals surface area contributed by atoms with Crippen LogP contribution in [0.25, 0.3) is 0 Å². The molecule has 2 atom stereocenters. The number of ether oxygens (including phenoxy) is 1. The van der Waals surface area contributed by atoms with Crippen molar-refractivity contribution in [3.63, 3.8) is 0 Å². The Bertz CT molecular complexity index is 272. The van der Waals surface area contributed by atoms with E-state index in [0.29, 0.717) is 13.2 Å². The Hall–Kier alpha value is -0.870. The van der Waals surface area contributed by atoms with Crippen LogP contribution < -0.4 is 5.32 Å². The molecular weight excluding hydrogens is 204 g/mol. The summed E-state index contributed by atoms with van der Waals surface area (Å²) in [6.07, 6.45) is 5.06. The van der Waals surface area contributed by atoms with E-state index in [9.17, 15) is 4.79 Å². The van der Waals surface area contributed by atoms with E-state index in [1.54, 1.807) is 0 Å². The number of amides is 1. The lowest BCUT2D eigenvalue weighted by Crippen LogP contribution is -2.48. The largest absolute Gasteiger partial charge is 0.378 e. The Kier molecular flexibility index (Phi) is 3.96. The average Bonchev–Trinajstić information content (AvgIpc) is 2.54. The third kappa shape index (κ3) is 2.62. The van der Waals surface area contributed by atoms with Crippen LogP contribution in [-0.4, -0.2) is 49.7 Å². The maximum absolute atomic E-state index is 12.3. The predicted molar refractivity (Wildman–Crippen MR) is 62.1 cm³/mol. The van der Waals surface area contributed by atoms with Crippen LogP contribution in [0.3, 0.4) is 0 Å². The number of allylic oxidation sites excluding steroid dienone is 1. The number of carbonyl (C=O) groups is 1. The number of hydrogen-bond acceptors (Lipinski definition) is 3. The van der Waals surface area contributed by atoms with Gasteiger partial charge < -0.3 is 15.0 Å². The Balaban J connectivity index is 1.98. The summed E-state index contributed by atoms with van der Waals surface area (Å²) in [5, 5.41) is 3.35. The van der Waals surface area contributed by atoms with Gasteiger partial charge >= 0.3 is 0 Å². The first-order valence-electron chi connectivity index (χ1n) is 6.04. The lowest BCUT2D eigenvalue weighted by atomic mass is 9.96. The molecule has 0 radical (unpaired) electrons. The number of nitrogens with one attached hydrogen (secondary N) is 1. The van der Waals surface area contributed by atoms with Crippen molar-refractivity contribution in [3.8, 4) is 0 Å². The summed E-state index contributed by atoms with van der Waals surface area (Å²) in [4.78, 5) is 14.2. The van der Waals surface area contributed by atoms with Crippen molar-refractivity contribution in [1.82, 2.24) is 10.2 Å². The van der Waals surface area contributed by atoms with E-state index in [2.05, 4.69) is 24.4 Å². The minimum absolute atomic E-state index is 0.0804. The molecule has 16 heavy (non-hydrogen) atoms. The molecular formula is C12H20N2O2. The molecule has 1 N–H and O–H groups in total. The van der Waals surface area contributed by atoms with Crippen LogP contribution in [0.2, 0.25) is 0 Å². The number of nitrogens with zero attached hydrogens (tertiary/aromatic N) is 1. The van der Waals surface area contributed by atoms with Gasteiger partial charge in [0.1, 0.15) is 0 Å². The summed E-state index contributed by atoms with van der Waals surface area (Å²) >= 11 is 0. The van der Waals surface area contributed by atoms with Gasteiger partial charge in [0.25, 0.3) is 0 Å². The fourth-order valence-corrected chi connectivity index (χ4v) is 2.26. The lowest BCUT2D eigenvalue weighted by Gasteiger charge is -2.32. The van der Waals surface area contributed by atoms with Crippen LogP contribution in [0.15, 0.2) is 12.2 Å². The summed E-state index contributed by atoms with van der Waals surface area (Å²) in [6.45, 7) is 5.80. The predicted octanol–water partition coefficient (Wildman–Crippen LogP) is 0.399. The molecule has 2 heterocycles. The fourth-order valence-electron chi connectivity index (χ4n) is 2.26. The summed E-state index contributed by atoms with van der Waals surface area (Å²) in [7, 11) is 0. The molecule has 0 aromatic rings. The van der Waals surface area contributed by atoms with Crippen molar-refractivity contribution in [2.45, 2.75) is 19.4 Å². The molecule has 1 fully saturated rings. The van der Waals surface area contributed by atoms with Crippen molar-refractivity contribution in [2.24, 2.45) is 5.92 Å². The molecule has 0 aromatic carbocycles. The second-order valence-corrected chi connectivity index (χ2v) is 4.45. The van der Waals surface area contributed by atoms with E-state index in [1.165, 1.54) is 0 Å². The molecule has 0 bridgehead atoms. The van der Waals surface area contributed by atoms with Gasteiger partial charge in [-0.1, -0.05) is 12.2 Å². The first-order chi connectivity index (χ1) is 7.79. The van der Waals surface area contributed by atoms with E-state index in [-0.39, 0.29) is 17.9 Å². The van der Waals surface area contributed by atoms with E-state index >= 15 is 0 Å². The third-order valence-corrected chi connectivity index (χ3v) is 3.36. The molecule has 1 amide bonds. The Morgan fingerprint density at radius 1 is 1.38 bits per heavy atom. The van der Waals surface area contributed by atoms with Gasteiger partial charge in [0.2, 0.25) is 5.91 Å². The number of hydrogen-bond donors (Lipinski definition) is 1. The zero-order chi connectivity index (χ0) is 11.4.